The van der Waals surface area contributed by atoms with Gasteiger partial charge in [0, 0.05) is 5.56 Å². The second-order valence-electron chi connectivity index (χ2n) is 5.87. The molecular weight excluding hydrogens is 374 g/mol. The van der Waals surface area contributed by atoms with Gasteiger partial charge in [-0.1, -0.05) is 29.8 Å². The van der Waals surface area contributed by atoms with Crippen molar-refractivity contribution in [2.45, 2.75) is 13.0 Å². The van der Waals surface area contributed by atoms with Crippen LogP contribution in [0.25, 0.3) is 11.3 Å². The molecule has 2 aromatic carbocycles. The molecule has 3 rings (SSSR count). The molecule has 1 atom stereocenters. The second kappa shape index (κ2) is 7.47. The van der Waals surface area contributed by atoms with Crippen molar-refractivity contribution in [3.63, 3.8) is 0 Å². The highest BCUT2D eigenvalue weighted by Crippen LogP contribution is 2.29. The lowest BCUT2D eigenvalue weighted by atomic mass is 10.1. The van der Waals surface area contributed by atoms with Gasteiger partial charge >= 0.3 is 5.97 Å². The minimum Gasteiger partial charge on any atom is -0.478 e. The van der Waals surface area contributed by atoms with Crippen molar-refractivity contribution in [2.24, 2.45) is 5.73 Å². The molecule has 0 spiro atoms. The van der Waals surface area contributed by atoms with E-state index in [1.165, 1.54) is 6.26 Å². The number of aryl methyl sites for hydroxylation is 1. The molecule has 7 nitrogen and oxygen atoms in total. The van der Waals surface area contributed by atoms with E-state index in [2.05, 4.69) is 4.98 Å². The van der Waals surface area contributed by atoms with E-state index >= 15 is 0 Å². The first-order chi connectivity index (χ1) is 13.3. The van der Waals surface area contributed by atoms with Crippen LogP contribution in [0.1, 0.15) is 27.9 Å². The summed E-state index contributed by atoms with van der Waals surface area (Å²) in [6, 6.07) is 8.81. The Morgan fingerprint density at radius 3 is 2.46 bits per heavy atom. The van der Waals surface area contributed by atoms with Crippen LogP contribution in [0.5, 0.6) is 5.75 Å². The van der Waals surface area contributed by atoms with Crippen LogP contribution < -0.4 is 10.5 Å². The molecule has 28 heavy (non-hydrogen) atoms. The van der Waals surface area contributed by atoms with E-state index in [4.69, 9.17) is 14.9 Å². The molecular formula is C19H14F2N2O5. The zero-order valence-electron chi connectivity index (χ0n) is 14.5. The molecule has 0 saturated heterocycles. The number of carboxylic acid groups (broad SMARTS) is 1. The van der Waals surface area contributed by atoms with Crippen LogP contribution in [0, 0.1) is 18.6 Å². The van der Waals surface area contributed by atoms with E-state index < -0.39 is 40.9 Å². The molecule has 1 aromatic heterocycles. The SMILES string of the molecule is Cc1ccc(-c2coc(C(Oc3ccc(F)c(C(N)=O)c3F)C(=O)O)n2)cc1. The van der Waals surface area contributed by atoms with Gasteiger partial charge < -0.3 is 20.0 Å². The summed E-state index contributed by atoms with van der Waals surface area (Å²) < 4.78 is 38.2. The summed E-state index contributed by atoms with van der Waals surface area (Å²) in [5.74, 6) is -6.53. The summed E-state index contributed by atoms with van der Waals surface area (Å²) in [4.78, 5) is 26.9. The molecule has 0 fully saturated rings. The maximum atomic E-state index is 14.3. The molecule has 3 aromatic rings. The van der Waals surface area contributed by atoms with E-state index in [-0.39, 0.29) is 5.89 Å². The third-order valence-corrected chi connectivity index (χ3v) is 3.86. The summed E-state index contributed by atoms with van der Waals surface area (Å²) in [6.45, 7) is 1.91. The fourth-order valence-electron chi connectivity index (χ4n) is 2.45. The first-order valence-corrected chi connectivity index (χ1v) is 7.97. The van der Waals surface area contributed by atoms with Crippen LogP contribution >= 0.6 is 0 Å². The lowest BCUT2D eigenvalue weighted by Crippen LogP contribution is -2.21. The van der Waals surface area contributed by atoms with E-state index in [0.29, 0.717) is 11.3 Å². The molecule has 0 aliphatic rings. The Bertz CT molecular complexity index is 1050. The molecule has 3 N–H and O–H groups in total. The predicted octanol–water partition coefficient (Wildman–Crippen LogP) is 3.23. The number of oxazole rings is 1. The van der Waals surface area contributed by atoms with Crippen molar-refractivity contribution in [3.05, 3.63) is 71.3 Å². The predicted molar refractivity (Wildman–Crippen MR) is 92.6 cm³/mol. The Balaban J connectivity index is 1.94. The van der Waals surface area contributed by atoms with Crippen LogP contribution in [0.3, 0.4) is 0 Å². The number of nitrogens with two attached hydrogens (primary N) is 1. The molecule has 0 aliphatic heterocycles. The lowest BCUT2D eigenvalue weighted by Gasteiger charge is -2.14. The fourth-order valence-corrected chi connectivity index (χ4v) is 2.45. The maximum Gasteiger partial charge on any atom is 0.354 e. The Morgan fingerprint density at radius 1 is 1.18 bits per heavy atom. The zero-order chi connectivity index (χ0) is 20.4. The normalized spacial score (nSPS) is 11.8. The molecule has 9 heteroatoms. The van der Waals surface area contributed by atoms with Gasteiger partial charge in [-0.25, -0.2) is 18.6 Å². The van der Waals surface area contributed by atoms with Crippen LogP contribution in [-0.2, 0) is 4.79 Å². The van der Waals surface area contributed by atoms with Gasteiger partial charge in [0.15, 0.2) is 11.6 Å². The summed E-state index contributed by atoms with van der Waals surface area (Å²) >= 11 is 0. The van der Waals surface area contributed by atoms with Gasteiger partial charge in [-0.15, -0.1) is 0 Å². The van der Waals surface area contributed by atoms with E-state index in [1.807, 2.05) is 19.1 Å². The van der Waals surface area contributed by atoms with Gasteiger partial charge in [0.1, 0.15) is 23.3 Å². The Labute approximate surface area is 157 Å². The zero-order valence-corrected chi connectivity index (χ0v) is 14.5. The molecule has 0 aliphatic carbocycles. The highest BCUT2D eigenvalue weighted by atomic mass is 19.1. The molecule has 1 amide bonds. The number of carbonyl (C=O) groups is 2. The first kappa shape index (κ1) is 19.0. The number of aromatic nitrogens is 1. The van der Waals surface area contributed by atoms with Gasteiger partial charge in [-0.3, -0.25) is 4.79 Å². The van der Waals surface area contributed by atoms with Crippen molar-refractivity contribution < 1.29 is 32.6 Å². The quantitative estimate of drug-likeness (QED) is 0.670. The third-order valence-electron chi connectivity index (χ3n) is 3.86. The van der Waals surface area contributed by atoms with Crippen molar-refractivity contribution >= 4 is 11.9 Å². The van der Waals surface area contributed by atoms with E-state index in [9.17, 15) is 23.5 Å². The monoisotopic (exact) mass is 388 g/mol. The summed E-state index contributed by atoms with van der Waals surface area (Å²) in [5.41, 5.74) is 5.96. The lowest BCUT2D eigenvalue weighted by molar-refractivity contribution is -0.146. The van der Waals surface area contributed by atoms with Gasteiger partial charge in [0.05, 0.1) is 0 Å². The number of halogens is 2. The highest BCUT2D eigenvalue weighted by Gasteiger charge is 2.30. The number of primary amides is 1. The molecule has 0 radical (unpaired) electrons. The fraction of sp³-hybridized carbons (Fsp3) is 0.105. The van der Waals surface area contributed by atoms with Crippen LogP contribution in [0.15, 0.2) is 47.1 Å². The Kier molecular flexibility index (Phi) is 5.08. The van der Waals surface area contributed by atoms with Gasteiger partial charge in [-0.2, -0.15) is 0 Å². The third kappa shape index (κ3) is 3.68. The number of amides is 1. The van der Waals surface area contributed by atoms with E-state index in [0.717, 1.165) is 17.7 Å². The van der Waals surface area contributed by atoms with Crippen molar-refractivity contribution in [1.29, 1.82) is 0 Å². The number of hydrogen-bond acceptors (Lipinski definition) is 5. The van der Waals surface area contributed by atoms with E-state index in [1.54, 1.807) is 12.1 Å². The Morgan fingerprint density at radius 2 is 1.86 bits per heavy atom. The number of aliphatic carboxylic acids is 1. The van der Waals surface area contributed by atoms with Crippen molar-refractivity contribution in [3.8, 4) is 17.0 Å². The molecule has 1 unspecified atom stereocenters. The molecule has 0 bridgehead atoms. The number of carboxylic acids is 1. The number of rotatable bonds is 6. The summed E-state index contributed by atoms with van der Waals surface area (Å²) in [7, 11) is 0. The summed E-state index contributed by atoms with van der Waals surface area (Å²) in [6.07, 6.45) is -0.602. The largest absolute Gasteiger partial charge is 0.478 e. The van der Waals surface area contributed by atoms with Crippen LogP contribution in [-0.4, -0.2) is 22.0 Å². The van der Waals surface area contributed by atoms with Crippen molar-refractivity contribution in [1.82, 2.24) is 4.98 Å². The van der Waals surface area contributed by atoms with Crippen LogP contribution in [0.4, 0.5) is 8.78 Å². The van der Waals surface area contributed by atoms with Crippen molar-refractivity contribution in [2.75, 3.05) is 0 Å². The standard InChI is InChI=1S/C19H14F2N2O5/c1-9-2-4-10(5-3-9)12-8-27-18(23-12)16(19(25)26)28-13-7-6-11(20)14(15(13)21)17(22)24/h2-8,16H,1H3,(H2,22,24)(H,25,26). The van der Waals surface area contributed by atoms with Gasteiger partial charge in [-0.05, 0) is 19.1 Å². The maximum absolute atomic E-state index is 14.3. The minimum atomic E-state index is -1.83. The smallest absolute Gasteiger partial charge is 0.354 e. The first-order valence-electron chi connectivity index (χ1n) is 7.97. The molecule has 1 heterocycles. The van der Waals surface area contributed by atoms with Gasteiger partial charge in [0.25, 0.3) is 12.0 Å². The number of hydrogen-bond donors (Lipinski definition) is 2. The average Bonchev–Trinajstić information content (AvgIpc) is 3.11. The highest BCUT2D eigenvalue weighted by molar-refractivity contribution is 5.93. The summed E-state index contributed by atoms with van der Waals surface area (Å²) in [5, 5.41) is 9.42. The number of carbonyl (C=O) groups excluding carboxylic acids is 1. The topological polar surface area (TPSA) is 116 Å². The number of nitrogens with zero attached hydrogens (tertiary/aromatic N) is 1. The molecule has 0 saturated carbocycles. The number of benzene rings is 2. The second-order valence-corrected chi connectivity index (χ2v) is 5.87. The average molecular weight is 388 g/mol. The molecule has 144 valence electrons. The van der Waals surface area contributed by atoms with Gasteiger partial charge in [0.2, 0.25) is 5.89 Å². The van der Waals surface area contributed by atoms with Crippen LogP contribution in [0.2, 0.25) is 0 Å². The number of ether oxygens (including phenoxy) is 1. The minimum absolute atomic E-state index is 0.349. The Hall–Kier alpha value is -3.75.